The van der Waals surface area contributed by atoms with Gasteiger partial charge in [0.15, 0.2) is 5.78 Å². The Morgan fingerprint density at radius 2 is 1.61 bits per heavy atom. The number of fused-ring (bicyclic) bond motifs is 1. The van der Waals surface area contributed by atoms with Crippen LogP contribution in [0.25, 0.3) is 22.0 Å². The summed E-state index contributed by atoms with van der Waals surface area (Å²) in [7, 11) is 0.228. The zero-order chi connectivity index (χ0) is 23.8. The van der Waals surface area contributed by atoms with Gasteiger partial charge in [-0.05, 0) is 65.7 Å². The van der Waals surface area contributed by atoms with E-state index >= 15 is 0 Å². The van der Waals surface area contributed by atoms with Gasteiger partial charge in [-0.25, -0.2) is 0 Å². The Labute approximate surface area is 199 Å². The lowest BCUT2D eigenvalue weighted by atomic mass is 9.96. The number of carbonyl (C=O) groups excluding carboxylic acids is 1. The first-order valence-electron chi connectivity index (χ1n) is 10.7. The van der Waals surface area contributed by atoms with Gasteiger partial charge < -0.3 is 4.57 Å². The summed E-state index contributed by atoms with van der Waals surface area (Å²) in [5, 5.41) is 1.42. The summed E-state index contributed by atoms with van der Waals surface area (Å²) in [5.41, 5.74) is 7.77. The minimum absolute atomic E-state index is 0.0943. The Kier molecular flexibility index (Phi) is 6.12. The van der Waals surface area contributed by atoms with Gasteiger partial charge in [0.1, 0.15) is 8.07 Å². The smallest absolute Gasteiger partial charge is 0.251 e. The van der Waals surface area contributed by atoms with E-state index < -0.39 is 8.07 Å². The summed E-state index contributed by atoms with van der Waals surface area (Å²) in [6.45, 7) is 6.62. The molecule has 164 valence electrons. The third kappa shape index (κ3) is 5.01. The van der Waals surface area contributed by atoms with Crippen LogP contribution in [0.4, 0.5) is 0 Å². The van der Waals surface area contributed by atoms with Crippen molar-refractivity contribution < 1.29 is 4.79 Å². The molecule has 4 rings (SSSR count). The fraction of sp³-hybridized carbons (Fsp3) is 0.143. The number of hydrogen-bond donors (Lipinski definition) is 0. The highest BCUT2D eigenvalue weighted by Gasteiger charge is 2.14. The van der Waals surface area contributed by atoms with Gasteiger partial charge in [-0.3, -0.25) is 9.59 Å². The van der Waals surface area contributed by atoms with Crippen molar-refractivity contribution in [1.82, 2.24) is 4.57 Å². The lowest BCUT2D eigenvalue weighted by molar-refractivity contribution is 0.103. The Morgan fingerprint density at radius 1 is 0.909 bits per heavy atom. The van der Waals surface area contributed by atoms with Crippen LogP contribution >= 0.6 is 11.6 Å². The maximum atomic E-state index is 13.1. The Hall–Kier alpha value is -3.39. The number of ketones is 1. The van der Waals surface area contributed by atoms with E-state index in [1.54, 1.807) is 48.0 Å². The molecule has 3 aromatic carbocycles. The lowest BCUT2D eigenvalue weighted by Crippen LogP contribution is -2.16. The molecule has 5 heteroatoms. The predicted molar refractivity (Wildman–Crippen MR) is 140 cm³/mol. The van der Waals surface area contributed by atoms with Crippen LogP contribution in [0.2, 0.25) is 24.7 Å². The van der Waals surface area contributed by atoms with Gasteiger partial charge in [0.2, 0.25) is 0 Å². The van der Waals surface area contributed by atoms with Crippen molar-refractivity contribution in [3.63, 3.8) is 0 Å². The molecule has 0 fully saturated rings. The fourth-order valence-corrected chi connectivity index (χ4v) is 4.28. The Morgan fingerprint density at radius 3 is 2.30 bits per heavy atom. The van der Waals surface area contributed by atoms with Crippen LogP contribution in [0.15, 0.2) is 77.6 Å². The van der Waals surface area contributed by atoms with Crippen LogP contribution in [0.5, 0.6) is 0 Å². The van der Waals surface area contributed by atoms with E-state index in [1.165, 1.54) is 0 Å². The molecule has 33 heavy (non-hydrogen) atoms. The Balaban J connectivity index is 1.88. The molecular formula is C28H24ClNO2Si. The fourth-order valence-electron chi connectivity index (χ4n) is 3.63. The third-order valence-electron chi connectivity index (χ3n) is 5.37. The van der Waals surface area contributed by atoms with Gasteiger partial charge in [-0.15, -0.1) is 5.54 Å². The minimum atomic E-state index is -1.51. The number of benzene rings is 3. The summed E-state index contributed by atoms with van der Waals surface area (Å²) in [4.78, 5) is 25.8. The normalized spacial score (nSPS) is 11.2. The molecule has 4 aromatic rings. The van der Waals surface area contributed by atoms with Crippen LogP contribution in [0.3, 0.4) is 0 Å². The molecule has 0 amide bonds. The van der Waals surface area contributed by atoms with Crippen molar-refractivity contribution in [3.8, 4) is 22.6 Å². The van der Waals surface area contributed by atoms with Crippen molar-refractivity contribution in [2.75, 3.05) is 0 Å². The van der Waals surface area contributed by atoms with Crippen LogP contribution in [0, 0.1) is 11.5 Å². The molecule has 0 bridgehead atoms. The van der Waals surface area contributed by atoms with E-state index in [9.17, 15) is 9.59 Å². The van der Waals surface area contributed by atoms with Gasteiger partial charge in [-0.1, -0.05) is 49.3 Å². The molecule has 0 radical (unpaired) electrons. The van der Waals surface area contributed by atoms with Gasteiger partial charge in [0.05, 0.1) is 5.52 Å². The van der Waals surface area contributed by atoms with Crippen LogP contribution < -0.4 is 5.56 Å². The molecule has 0 aliphatic rings. The molecule has 1 aromatic heterocycles. The highest BCUT2D eigenvalue weighted by atomic mass is 35.5. The SMILES string of the molecule is Cn1c(=O)cc(-c2cccc(C#C[Si](C)(C)C)c2)c2cc(C(=O)c3ccc(Cl)cc3)ccc21. The van der Waals surface area contributed by atoms with Gasteiger partial charge in [-0.2, -0.15) is 0 Å². The number of nitrogens with zero attached hydrogens (tertiary/aromatic N) is 1. The monoisotopic (exact) mass is 469 g/mol. The molecule has 0 unspecified atom stereocenters. The first-order chi connectivity index (χ1) is 15.6. The molecule has 0 atom stereocenters. The minimum Gasteiger partial charge on any atom is -0.311 e. The average Bonchev–Trinajstić information content (AvgIpc) is 2.79. The van der Waals surface area contributed by atoms with Crippen molar-refractivity contribution in [1.29, 1.82) is 0 Å². The Bertz CT molecular complexity index is 1500. The van der Waals surface area contributed by atoms with Crippen LogP contribution in [-0.2, 0) is 7.05 Å². The molecule has 1 heterocycles. The van der Waals surface area contributed by atoms with E-state index in [0.29, 0.717) is 16.1 Å². The molecule has 0 saturated carbocycles. The summed E-state index contributed by atoms with van der Waals surface area (Å²) >= 11 is 5.97. The number of aryl methyl sites for hydroxylation is 1. The van der Waals surface area contributed by atoms with E-state index in [-0.39, 0.29) is 11.3 Å². The number of halogens is 1. The van der Waals surface area contributed by atoms with E-state index in [2.05, 4.69) is 31.1 Å². The molecular weight excluding hydrogens is 446 g/mol. The van der Waals surface area contributed by atoms with E-state index in [0.717, 1.165) is 27.6 Å². The molecule has 3 nitrogen and oxygen atoms in total. The predicted octanol–water partition coefficient (Wildman–Crippen LogP) is 6.32. The highest BCUT2D eigenvalue weighted by molar-refractivity contribution is 6.83. The third-order valence-corrected chi connectivity index (χ3v) is 6.50. The van der Waals surface area contributed by atoms with Gasteiger partial charge in [0.25, 0.3) is 5.56 Å². The largest absolute Gasteiger partial charge is 0.311 e. The first-order valence-corrected chi connectivity index (χ1v) is 14.6. The second kappa shape index (κ2) is 8.86. The molecule has 0 N–H and O–H groups in total. The summed E-state index contributed by atoms with van der Waals surface area (Å²) in [5.74, 6) is 3.19. The standard InChI is InChI=1S/C28H24ClNO2Si/c1-30-26-13-10-22(28(32)20-8-11-23(29)12-9-20)17-25(26)24(18-27(30)31)21-7-5-6-19(16-21)14-15-33(2,3)4/h5-13,16-18H,1-4H3. The van der Waals surface area contributed by atoms with Crippen molar-refractivity contribution in [3.05, 3.63) is 105 Å². The topological polar surface area (TPSA) is 39.1 Å². The summed E-state index contributed by atoms with van der Waals surface area (Å²) in [6, 6.07) is 21.9. The quantitative estimate of drug-likeness (QED) is 0.200. The zero-order valence-corrected chi connectivity index (χ0v) is 20.8. The van der Waals surface area contributed by atoms with Crippen LogP contribution in [-0.4, -0.2) is 18.4 Å². The zero-order valence-electron chi connectivity index (χ0n) is 19.1. The second-order valence-electron chi connectivity index (χ2n) is 9.10. The average molecular weight is 470 g/mol. The van der Waals surface area contributed by atoms with E-state index in [1.807, 2.05) is 36.4 Å². The van der Waals surface area contributed by atoms with Crippen molar-refractivity contribution in [2.45, 2.75) is 19.6 Å². The van der Waals surface area contributed by atoms with E-state index in [4.69, 9.17) is 11.6 Å². The lowest BCUT2D eigenvalue weighted by Gasteiger charge is -2.12. The maximum Gasteiger partial charge on any atom is 0.251 e. The molecule has 0 aliphatic heterocycles. The molecule has 0 spiro atoms. The number of aromatic nitrogens is 1. The highest BCUT2D eigenvalue weighted by Crippen LogP contribution is 2.29. The summed E-state index contributed by atoms with van der Waals surface area (Å²) in [6.07, 6.45) is 0. The first kappa shape index (κ1) is 22.8. The van der Waals surface area contributed by atoms with Crippen molar-refractivity contribution >= 4 is 36.4 Å². The number of rotatable bonds is 3. The number of hydrogen-bond acceptors (Lipinski definition) is 2. The summed E-state index contributed by atoms with van der Waals surface area (Å²) < 4.78 is 1.60. The van der Waals surface area contributed by atoms with Gasteiger partial charge in [0, 0.05) is 40.2 Å². The second-order valence-corrected chi connectivity index (χ2v) is 14.3. The van der Waals surface area contributed by atoms with Crippen molar-refractivity contribution in [2.24, 2.45) is 7.05 Å². The molecule has 0 aliphatic carbocycles. The van der Waals surface area contributed by atoms with Gasteiger partial charge >= 0.3 is 0 Å². The number of pyridine rings is 1. The molecule has 0 saturated heterocycles. The number of carbonyl (C=O) groups is 1. The van der Waals surface area contributed by atoms with Crippen LogP contribution in [0.1, 0.15) is 21.5 Å². The maximum absolute atomic E-state index is 13.1.